The Balaban J connectivity index is 0.00000370. The molecule has 2 heterocycles. The minimum atomic E-state index is -0.347. The number of esters is 1. The van der Waals surface area contributed by atoms with Crippen LogP contribution in [0.25, 0.3) is 5.57 Å². The normalized spacial score (nSPS) is 19.9. The fourth-order valence-corrected chi connectivity index (χ4v) is 7.13. The molecule has 1 atom stereocenters. The summed E-state index contributed by atoms with van der Waals surface area (Å²) in [6.45, 7) is 12.2. The van der Waals surface area contributed by atoms with Gasteiger partial charge in [0.05, 0.1) is 5.56 Å². The summed E-state index contributed by atoms with van der Waals surface area (Å²) < 4.78 is 13.0. The van der Waals surface area contributed by atoms with E-state index in [1.807, 2.05) is 0 Å². The van der Waals surface area contributed by atoms with Crippen molar-refractivity contribution in [1.29, 1.82) is 0 Å². The quantitative estimate of drug-likeness (QED) is 0.225. The van der Waals surface area contributed by atoms with Gasteiger partial charge in [-0.15, -0.1) is 12.4 Å². The molecule has 1 saturated heterocycles. The van der Waals surface area contributed by atoms with Crippen molar-refractivity contribution in [2.75, 3.05) is 19.6 Å². The Morgan fingerprint density at radius 1 is 1.00 bits per heavy atom. The van der Waals surface area contributed by atoms with E-state index in [2.05, 4.69) is 75.1 Å². The average Bonchev–Trinajstić information content (AvgIpc) is 3.28. The molecule has 3 aliphatic rings. The monoisotopic (exact) mass is 565 g/mol. The minimum absolute atomic E-state index is 0. The predicted molar refractivity (Wildman–Crippen MR) is 167 cm³/mol. The number of halogens is 1. The van der Waals surface area contributed by atoms with Gasteiger partial charge in [0.2, 0.25) is 0 Å². The van der Waals surface area contributed by atoms with Crippen molar-refractivity contribution in [3.63, 3.8) is 0 Å². The van der Waals surface area contributed by atoms with Gasteiger partial charge in [-0.2, -0.15) is 0 Å². The standard InChI is InChI=1S/C35H47NO3.ClH/c1-5-20-35(4,26-15-9-8-10-16-26)27-24-30(38-32(37)19-14-23-36-21-11-6-7-12-22-36)33-28-17-13-18-29(28)34(2,3)39-31(33)25-27;/h8-10,15-16,24-25H,5-7,11-14,17-23H2,1-4H3;1H. The first-order chi connectivity index (χ1) is 18.8. The number of carbonyl (C=O) groups is 1. The highest BCUT2D eigenvalue weighted by atomic mass is 35.5. The third-order valence-corrected chi connectivity index (χ3v) is 9.25. The second kappa shape index (κ2) is 13.1. The van der Waals surface area contributed by atoms with E-state index in [9.17, 15) is 4.79 Å². The lowest BCUT2D eigenvalue weighted by atomic mass is 9.72. The number of hydrogen-bond acceptors (Lipinski definition) is 4. The van der Waals surface area contributed by atoms with Gasteiger partial charge in [0.25, 0.3) is 0 Å². The van der Waals surface area contributed by atoms with Crippen LogP contribution in [0.3, 0.4) is 0 Å². The van der Waals surface area contributed by atoms with Crippen LogP contribution in [0.1, 0.15) is 115 Å². The molecule has 5 heteroatoms. The van der Waals surface area contributed by atoms with E-state index >= 15 is 0 Å². The van der Waals surface area contributed by atoms with Gasteiger partial charge >= 0.3 is 5.97 Å². The Labute approximate surface area is 247 Å². The Morgan fingerprint density at radius 3 is 2.42 bits per heavy atom. The second-order valence-electron chi connectivity index (χ2n) is 12.6. The maximum atomic E-state index is 13.3. The van der Waals surface area contributed by atoms with Crippen molar-refractivity contribution in [3.05, 3.63) is 64.7 Å². The zero-order chi connectivity index (χ0) is 27.5. The largest absolute Gasteiger partial charge is 0.483 e. The number of ether oxygens (including phenoxy) is 2. The van der Waals surface area contributed by atoms with Crippen molar-refractivity contribution < 1.29 is 14.3 Å². The molecule has 1 aliphatic carbocycles. The first-order valence-electron chi connectivity index (χ1n) is 15.4. The first-order valence-corrected chi connectivity index (χ1v) is 15.4. The molecule has 0 aromatic heterocycles. The maximum Gasteiger partial charge on any atom is 0.311 e. The van der Waals surface area contributed by atoms with Crippen LogP contribution in [0.5, 0.6) is 11.5 Å². The highest BCUT2D eigenvalue weighted by Crippen LogP contribution is 2.53. The topological polar surface area (TPSA) is 38.8 Å². The molecule has 0 radical (unpaired) electrons. The number of hydrogen-bond donors (Lipinski definition) is 0. The summed E-state index contributed by atoms with van der Waals surface area (Å²) in [4.78, 5) is 15.8. The molecule has 0 N–H and O–H groups in total. The number of benzene rings is 2. The number of likely N-dealkylation sites (tertiary alicyclic amines) is 1. The van der Waals surface area contributed by atoms with Crippen molar-refractivity contribution in [3.8, 4) is 11.5 Å². The van der Waals surface area contributed by atoms with Crippen LogP contribution in [0, 0.1) is 0 Å². The van der Waals surface area contributed by atoms with Crippen LogP contribution in [0.4, 0.5) is 0 Å². The van der Waals surface area contributed by atoms with Crippen LogP contribution < -0.4 is 9.47 Å². The van der Waals surface area contributed by atoms with Crippen LogP contribution in [0.2, 0.25) is 0 Å². The Kier molecular flexibility index (Phi) is 10.1. The summed E-state index contributed by atoms with van der Waals surface area (Å²) in [7, 11) is 0. The third-order valence-electron chi connectivity index (χ3n) is 9.25. The number of fused-ring (bicyclic) bond motifs is 2. The molecular formula is C35H48ClNO3. The number of allylic oxidation sites excluding steroid dienone is 1. The SMILES string of the molecule is CCCC(C)(c1ccccc1)c1cc(OC(=O)CCCN2CCCCCC2)c2c(c1)OC(C)(C)C1=C2CCC1.Cl. The molecule has 218 valence electrons. The molecule has 2 aromatic carbocycles. The highest BCUT2D eigenvalue weighted by molar-refractivity contribution is 5.85. The summed E-state index contributed by atoms with van der Waals surface area (Å²) in [5.41, 5.74) is 5.57. The molecule has 5 rings (SSSR count). The van der Waals surface area contributed by atoms with Gasteiger partial charge in [-0.05, 0) is 113 Å². The van der Waals surface area contributed by atoms with Crippen LogP contribution >= 0.6 is 12.4 Å². The van der Waals surface area contributed by atoms with Gasteiger partial charge in [-0.25, -0.2) is 0 Å². The minimum Gasteiger partial charge on any atom is -0.483 e. The van der Waals surface area contributed by atoms with E-state index < -0.39 is 0 Å². The van der Waals surface area contributed by atoms with Crippen molar-refractivity contribution >= 4 is 23.9 Å². The maximum absolute atomic E-state index is 13.3. The Bertz CT molecular complexity index is 1200. The molecule has 4 nitrogen and oxygen atoms in total. The van der Waals surface area contributed by atoms with Gasteiger partial charge in [0.1, 0.15) is 17.1 Å². The average molecular weight is 566 g/mol. The summed E-state index contributed by atoms with van der Waals surface area (Å²) >= 11 is 0. The van der Waals surface area contributed by atoms with E-state index in [0.717, 1.165) is 75.0 Å². The molecule has 0 amide bonds. The fourth-order valence-electron chi connectivity index (χ4n) is 7.13. The zero-order valence-corrected chi connectivity index (χ0v) is 25.8. The lowest BCUT2D eigenvalue weighted by molar-refractivity contribution is -0.134. The van der Waals surface area contributed by atoms with Crippen LogP contribution in [-0.2, 0) is 10.2 Å². The van der Waals surface area contributed by atoms with E-state index in [1.165, 1.54) is 42.4 Å². The Hall–Kier alpha value is -2.30. The number of nitrogens with zero attached hydrogens (tertiary/aromatic N) is 1. The van der Waals surface area contributed by atoms with E-state index in [-0.39, 0.29) is 29.4 Å². The molecular weight excluding hydrogens is 518 g/mol. The number of carbonyl (C=O) groups excluding carboxylic acids is 1. The van der Waals surface area contributed by atoms with Gasteiger partial charge in [0, 0.05) is 11.8 Å². The molecule has 1 unspecified atom stereocenters. The lowest BCUT2D eigenvalue weighted by Gasteiger charge is -2.38. The van der Waals surface area contributed by atoms with E-state index in [0.29, 0.717) is 12.2 Å². The van der Waals surface area contributed by atoms with Gasteiger partial charge in [0.15, 0.2) is 0 Å². The zero-order valence-electron chi connectivity index (χ0n) is 25.0. The van der Waals surface area contributed by atoms with Crippen LogP contribution in [-0.4, -0.2) is 36.1 Å². The van der Waals surface area contributed by atoms with Gasteiger partial charge < -0.3 is 14.4 Å². The second-order valence-corrected chi connectivity index (χ2v) is 12.6. The van der Waals surface area contributed by atoms with Gasteiger partial charge in [-0.1, -0.05) is 63.4 Å². The highest BCUT2D eigenvalue weighted by Gasteiger charge is 2.40. The third kappa shape index (κ3) is 6.44. The molecule has 1 fully saturated rings. The molecule has 40 heavy (non-hydrogen) atoms. The van der Waals surface area contributed by atoms with Crippen molar-refractivity contribution in [1.82, 2.24) is 4.90 Å². The summed E-state index contributed by atoms with van der Waals surface area (Å²) in [5, 5.41) is 0. The number of rotatable bonds is 9. The first kappa shape index (κ1) is 30.7. The lowest BCUT2D eigenvalue weighted by Crippen LogP contribution is -2.34. The van der Waals surface area contributed by atoms with Crippen molar-refractivity contribution in [2.45, 2.75) is 109 Å². The molecule has 0 saturated carbocycles. The van der Waals surface area contributed by atoms with Crippen LogP contribution in [0.15, 0.2) is 48.0 Å². The van der Waals surface area contributed by atoms with E-state index in [1.54, 1.807) is 0 Å². The predicted octanol–water partition coefficient (Wildman–Crippen LogP) is 8.88. The fraction of sp³-hybridized carbons (Fsp3) is 0.571. The van der Waals surface area contributed by atoms with Crippen molar-refractivity contribution in [2.24, 2.45) is 0 Å². The Morgan fingerprint density at radius 2 is 1.73 bits per heavy atom. The molecule has 0 bridgehead atoms. The van der Waals surface area contributed by atoms with E-state index in [4.69, 9.17) is 9.47 Å². The summed E-state index contributed by atoms with van der Waals surface area (Å²) in [6, 6.07) is 15.1. The molecule has 0 spiro atoms. The van der Waals surface area contributed by atoms with Gasteiger partial charge in [-0.3, -0.25) is 4.79 Å². The molecule has 2 aliphatic heterocycles. The molecule has 2 aromatic rings. The summed E-state index contributed by atoms with van der Waals surface area (Å²) in [6.07, 6.45) is 11.7. The smallest absolute Gasteiger partial charge is 0.311 e. The summed E-state index contributed by atoms with van der Waals surface area (Å²) in [5.74, 6) is 1.42.